The van der Waals surface area contributed by atoms with Crippen LogP contribution >= 0.6 is 0 Å². The van der Waals surface area contributed by atoms with Crippen molar-refractivity contribution in [2.45, 2.75) is 43.9 Å². The van der Waals surface area contributed by atoms with Crippen LogP contribution < -0.4 is 5.32 Å². The van der Waals surface area contributed by atoms with E-state index in [4.69, 9.17) is 0 Å². The monoisotopic (exact) mass is 201 g/mol. The summed E-state index contributed by atoms with van der Waals surface area (Å²) in [7, 11) is -0.567. The number of fused-ring (bicyclic) bond motifs is 1. The van der Waals surface area contributed by atoms with Crippen LogP contribution in [-0.2, 0) is 10.8 Å². The molecule has 0 amide bonds. The van der Waals surface area contributed by atoms with Gasteiger partial charge in [0.05, 0.1) is 5.25 Å². The van der Waals surface area contributed by atoms with Gasteiger partial charge in [-0.3, -0.25) is 4.21 Å². The van der Waals surface area contributed by atoms with Gasteiger partial charge in [-0.15, -0.1) is 0 Å². The molecule has 0 spiro atoms. The van der Waals surface area contributed by atoms with E-state index in [1.807, 2.05) is 0 Å². The Kier molecular flexibility index (Phi) is 3.04. The molecule has 2 fully saturated rings. The largest absolute Gasteiger partial charge is 0.312 e. The summed E-state index contributed by atoms with van der Waals surface area (Å²) in [4.78, 5) is 0. The van der Waals surface area contributed by atoms with Crippen molar-refractivity contribution >= 4 is 10.8 Å². The van der Waals surface area contributed by atoms with Crippen LogP contribution in [0.25, 0.3) is 0 Å². The average molecular weight is 201 g/mol. The van der Waals surface area contributed by atoms with E-state index in [2.05, 4.69) is 12.2 Å². The van der Waals surface area contributed by atoms with Gasteiger partial charge in [0.25, 0.3) is 0 Å². The van der Waals surface area contributed by atoms with Crippen LogP contribution in [0.1, 0.15) is 32.6 Å². The summed E-state index contributed by atoms with van der Waals surface area (Å²) >= 11 is 0. The van der Waals surface area contributed by atoms with Gasteiger partial charge in [-0.1, -0.05) is 19.8 Å². The van der Waals surface area contributed by atoms with E-state index in [-0.39, 0.29) is 0 Å². The van der Waals surface area contributed by atoms with Gasteiger partial charge in [0, 0.05) is 22.6 Å². The highest BCUT2D eigenvalue weighted by Gasteiger charge is 2.32. The maximum atomic E-state index is 11.9. The van der Waals surface area contributed by atoms with E-state index in [0.29, 0.717) is 17.2 Å². The Bertz CT molecular complexity index is 207. The Morgan fingerprint density at radius 2 is 2.08 bits per heavy atom. The second-order valence-corrected chi connectivity index (χ2v) is 6.19. The van der Waals surface area contributed by atoms with Crippen molar-refractivity contribution in [3.05, 3.63) is 0 Å². The van der Waals surface area contributed by atoms with Crippen LogP contribution in [0.4, 0.5) is 0 Å². The van der Waals surface area contributed by atoms with Gasteiger partial charge in [-0.05, 0) is 25.3 Å². The number of hydrogen-bond acceptors (Lipinski definition) is 2. The van der Waals surface area contributed by atoms with Gasteiger partial charge in [-0.2, -0.15) is 0 Å². The number of hydrogen-bond donors (Lipinski definition) is 1. The van der Waals surface area contributed by atoms with Gasteiger partial charge in [0.2, 0.25) is 0 Å². The molecule has 2 nitrogen and oxygen atoms in total. The first-order valence-electron chi connectivity index (χ1n) is 5.38. The maximum Gasteiger partial charge on any atom is 0.0501 e. The van der Waals surface area contributed by atoms with Crippen LogP contribution in [-0.4, -0.2) is 27.8 Å². The topological polar surface area (TPSA) is 29.1 Å². The van der Waals surface area contributed by atoms with Gasteiger partial charge in [0.1, 0.15) is 0 Å². The van der Waals surface area contributed by atoms with Crippen molar-refractivity contribution in [2.24, 2.45) is 5.92 Å². The fourth-order valence-electron chi connectivity index (χ4n) is 2.46. The third-order valence-electron chi connectivity index (χ3n) is 3.22. The molecule has 76 valence electrons. The summed E-state index contributed by atoms with van der Waals surface area (Å²) in [6.45, 7) is 3.26. The zero-order valence-corrected chi connectivity index (χ0v) is 9.11. The van der Waals surface area contributed by atoms with Crippen LogP contribution in [0.3, 0.4) is 0 Å². The van der Waals surface area contributed by atoms with Crippen LogP contribution in [0, 0.1) is 5.92 Å². The van der Waals surface area contributed by atoms with Gasteiger partial charge >= 0.3 is 0 Å². The highest BCUT2D eigenvalue weighted by Crippen LogP contribution is 2.25. The minimum absolute atomic E-state index is 0.457. The molecule has 2 rings (SSSR count). The first-order valence-corrected chi connectivity index (χ1v) is 6.76. The SMILES string of the molecule is CC1CNC2CCCCC2S(=O)C1. The van der Waals surface area contributed by atoms with E-state index in [1.54, 1.807) is 0 Å². The number of nitrogens with one attached hydrogen (secondary N) is 1. The summed E-state index contributed by atoms with van der Waals surface area (Å²) in [5, 5.41) is 4.03. The molecule has 13 heavy (non-hydrogen) atoms. The predicted molar refractivity (Wildman–Crippen MR) is 56.2 cm³/mol. The van der Waals surface area contributed by atoms with Gasteiger partial charge < -0.3 is 5.32 Å². The third-order valence-corrected chi connectivity index (χ3v) is 5.35. The van der Waals surface area contributed by atoms with Gasteiger partial charge in [0.15, 0.2) is 0 Å². The molecule has 0 aromatic rings. The molecule has 1 heterocycles. The third kappa shape index (κ3) is 2.13. The lowest BCUT2D eigenvalue weighted by Crippen LogP contribution is -2.42. The Labute approximate surface area is 82.9 Å². The van der Waals surface area contributed by atoms with E-state index in [1.165, 1.54) is 25.7 Å². The fraction of sp³-hybridized carbons (Fsp3) is 1.00. The van der Waals surface area contributed by atoms with E-state index in [9.17, 15) is 4.21 Å². The lowest BCUT2D eigenvalue weighted by Gasteiger charge is -2.29. The Balaban J connectivity index is 2.08. The van der Waals surface area contributed by atoms with Gasteiger partial charge in [-0.25, -0.2) is 0 Å². The van der Waals surface area contributed by atoms with Crippen molar-refractivity contribution in [2.75, 3.05) is 12.3 Å². The maximum absolute atomic E-state index is 11.9. The van der Waals surface area contributed by atoms with Crippen molar-refractivity contribution in [1.82, 2.24) is 5.32 Å². The lowest BCUT2D eigenvalue weighted by atomic mass is 9.94. The lowest BCUT2D eigenvalue weighted by molar-refractivity contribution is 0.375. The molecule has 0 aromatic carbocycles. The minimum Gasteiger partial charge on any atom is -0.312 e. The average Bonchev–Trinajstić information content (AvgIpc) is 2.27. The first-order chi connectivity index (χ1) is 6.27. The van der Waals surface area contributed by atoms with Crippen molar-refractivity contribution in [3.8, 4) is 0 Å². The smallest absolute Gasteiger partial charge is 0.0501 e. The van der Waals surface area contributed by atoms with Crippen LogP contribution in [0.5, 0.6) is 0 Å². The minimum atomic E-state index is -0.567. The first kappa shape index (κ1) is 9.66. The molecule has 3 heteroatoms. The summed E-state index contributed by atoms with van der Waals surface area (Å²) in [6.07, 6.45) is 5.02. The highest BCUT2D eigenvalue weighted by molar-refractivity contribution is 7.85. The Hall–Kier alpha value is 0.110. The molecule has 1 saturated heterocycles. The van der Waals surface area contributed by atoms with Crippen molar-refractivity contribution in [1.29, 1.82) is 0 Å². The fourth-order valence-corrected chi connectivity index (χ4v) is 4.41. The highest BCUT2D eigenvalue weighted by atomic mass is 32.2. The van der Waals surface area contributed by atoms with E-state index < -0.39 is 10.8 Å². The quantitative estimate of drug-likeness (QED) is 0.640. The summed E-state index contributed by atoms with van der Waals surface area (Å²) < 4.78 is 11.9. The predicted octanol–water partition coefficient (Wildman–Crippen LogP) is 1.29. The van der Waals surface area contributed by atoms with Crippen molar-refractivity contribution in [3.63, 3.8) is 0 Å². The standard InChI is InChI=1S/C10H19NOS/c1-8-6-11-9-4-2-3-5-10(9)13(12)7-8/h8-11H,2-7H2,1H3. The molecular weight excluding hydrogens is 182 g/mol. The normalized spacial score (nSPS) is 46.5. The molecule has 1 N–H and O–H groups in total. The van der Waals surface area contributed by atoms with Crippen LogP contribution in [0.2, 0.25) is 0 Å². The van der Waals surface area contributed by atoms with E-state index in [0.717, 1.165) is 12.3 Å². The Morgan fingerprint density at radius 1 is 1.31 bits per heavy atom. The molecule has 0 radical (unpaired) electrons. The van der Waals surface area contributed by atoms with Crippen molar-refractivity contribution < 1.29 is 4.21 Å². The molecular formula is C10H19NOS. The molecule has 1 aliphatic heterocycles. The second kappa shape index (κ2) is 4.09. The number of rotatable bonds is 0. The van der Waals surface area contributed by atoms with E-state index >= 15 is 0 Å². The molecule has 1 saturated carbocycles. The molecule has 1 aliphatic carbocycles. The summed E-state index contributed by atoms with van der Waals surface area (Å²) in [6, 6.07) is 0.555. The summed E-state index contributed by atoms with van der Waals surface area (Å²) in [5.41, 5.74) is 0. The molecule has 0 aromatic heterocycles. The molecule has 2 aliphatic rings. The Morgan fingerprint density at radius 3 is 2.92 bits per heavy atom. The van der Waals surface area contributed by atoms with Crippen LogP contribution in [0.15, 0.2) is 0 Å². The molecule has 4 unspecified atom stereocenters. The molecule has 4 atom stereocenters. The summed E-state index contributed by atoms with van der Waals surface area (Å²) in [5.74, 6) is 1.50. The zero-order chi connectivity index (χ0) is 9.26. The molecule has 0 bridgehead atoms. The zero-order valence-electron chi connectivity index (χ0n) is 8.29. The second-order valence-electron chi connectivity index (χ2n) is 4.49.